The van der Waals surface area contributed by atoms with Crippen molar-refractivity contribution in [1.82, 2.24) is 0 Å². The van der Waals surface area contributed by atoms with Gasteiger partial charge in [-0.1, -0.05) is 158 Å². The van der Waals surface area contributed by atoms with E-state index in [1.165, 1.54) is 27.1 Å². The van der Waals surface area contributed by atoms with Crippen molar-refractivity contribution in [2.24, 2.45) is 0 Å². The molecule has 2 aromatic heterocycles. The molecule has 12 rings (SSSR count). The summed E-state index contributed by atoms with van der Waals surface area (Å²) in [5.74, 6) is 0. The largest absolute Gasteiger partial charge is 0.455 e. The van der Waals surface area contributed by atoms with E-state index in [4.69, 9.17) is 8.83 Å². The minimum absolute atomic E-state index is 0.879. The molecule has 0 aliphatic rings. The van der Waals surface area contributed by atoms with Gasteiger partial charge in [-0.2, -0.15) is 0 Å². The third kappa shape index (κ3) is 5.51. The summed E-state index contributed by atoms with van der Waals surface area (Å²) in [6, 6.07) is 75.8. The van der Waals surface area contributed by atoms with Crippen LogP contribution in [0.25, 0.3) is 98.8 Å². The van der Waals surface area contributed by atoms with Gasteiger partial charge in [0.25, 0.3) is 0 Å². The van der Waals surface area contributed by atoms with Gasteiger partial charge in [-0.25, -0.2) is 0 Å². The number of furan rings is 2. The highest BCUT2D eigenvalue weighted by molar-refractivity contribution is 6.14. The zero-order valence-electron chi connectivity index (χ0n) is 32.0. The molecule has 0 unspecified atom stereocenters. The Labute approximate surface area is 340 Å². The molecule has 0 spiro atoms. The smallest absolute Gasteiger partial charge is 0.143 e. The van der Waals surface area contributed by atoms with E-state index in [1.807, 2.05) is 12.1 Å². The van der Waals surface area contributed by atoms with Gasteiger partial charge in [-0.3, -0.25) is 0 Å². The monoisotopic (exact) mass is 753 g/mol. The molecule has 10 aromatic carbocycles. The Balaban J connectivity index is 1.04. The first-order chi connectivity index (χ1) is 29.2. The minimum atomic E-state index is 0.879. The second kappa shape index (κ2) is 13.4. The van der Waals surface area contributed by atoms with Crippen molar-refractivity contribution in [3.63, 3.8) is 0 Å². The van der Waals surface area contributed by atoms with Crippen molar-refractivity contribution in [3.8, 4) is 33.4 Å². The van der Waals surface area contributed by atoms with Crippen LogP contribution in [-0.4, -0.2) is 0 Å². The van der Waals surface area contributed by atoms with Crippen molar-refractivity contribution in [2.45, 2.75) is 0 Å². The molecule has 12 aromatic rings. The summed E-state index contributed by atoms with van der Waals surface area (Å²) in [6.07, 6.45) is 0. The molecular formula is C56H35NO2. The SMILES string of the molecule is c1cc(-c2ccc3ccccc3c2)cc(N(c2ccc(-c3cccc4c3oc3ccccc34)cc2)c2ccccc2-c2cccc3c2oc2cc4ccccc4cc23)c1. The molecule has 0 saturated heterocycles. The molecule has 0 saturated carbocycles. The molecule has 276 valence electrons. The summed E-state index contributed by atoms with van der Waals surface area (Å²) in [5, 5.41) is 9.29. The fraction of sp³-hybridized carbons (Fsp3) is 0. The zero-order valence-corrected chi connectivity index (χ0v) is 32.0. The number of anilines is 3. The Hall–Kier alpha value is -7.88. The first-order valence-electron chi connectivity index (χ1n) is 20.1. The van der Waals surface area contributed by atoms with Crippen molar-refractivity contribution in [2.75, 3.05) is 4.90 Å². The average Bonchev–Trinajstić information content (AvgIpc) is 3.87. The van der Waals surface area contributed by atoms with E-state index in [1.54, 1.807) is 0 Å². The van der Waals surface area contributed by atoms with Gasteiger partial charge in [0.05, 0.1) is 5.69 Å². The quantitative estimate of drug-likeness (QED) is 0.169. The summed E-state index contributed by atoms with van der Waals surface area (Å²) in [6.45, 7) is 0. The number of rotatable bonds is 6. The lowest BCUT2D eigenvalue weighted by Gasteiger charge is -2.28. The molecule has 3 heteroatoms. The van der Waals surface area contributed by atoms with Crippen LogP contribution in [0.5, 0.6) is 0 Å². The maximum atomic E-state index is 6.80. The third-order valence-corrected chi connectivity index (χ3v) is 11.8. The van der Waals surface area contributed by atoms with Crippen LogP contribution in [0.3, 0.4) is 0 Å². The standard InChI is InChI=1S/C56H35NO2/c1-2-13-38-32-42(27-26-36(38)12-1)39-16-9-17-44(33-39)57(43-30-28-37(29-31-43)45-20-10-22-49-47-19-6-8-25-53(47)58-55(45)49)52-24-7-5-18-46(52)48-21-11-23-50-51-34-40-14-3-4-15-41(40)35-54(51)59-56(48)50/h1-35H. The van der Waals surface area contributed by atoms with Gasteiger partial charge in [0.15, 0.2) is 0 Å². The van der Waals surface area contributed by atoms with Gasteiger partial charge < -0.3 is 13.7 Å². The molecule has 2 heterocycles. The lowest BCUT2D eigenvalue weighted by Crippen LogP contribution is -2.11. The fourth-order valence-electron chi connectivity index (χ4n) is 8.98. The average molecular weight is 754 g/mol. The fourth-order valence-corrected chi connectivity index (χ4v) is 8.98. The van der Waals surface area contributed by atoms with Crippen LogP contribution in [0, 0.1) is 0 Å². The first kappa shape index (κ1) is 33.3. The predicted octanol–water partition coefficient (Wildman–Crippen LogP) is 16.3. The van der Waals surface area contributed by atoms with Crippen molar-refractivity contribution >= 4 is 82.5 Å². The molecule has 0 radical (unpaired) electrons. The predicted molar refractivity (Wildman–Crippen MR) is 247 cm³/mol. The number of nitrogens with zero attached hydrogens (tertiary/aromatic N) is 1. The van der Waals surface area contributed by atoms with Crippen LogP contribution in [0.15, 0.2) is 221 Å². The molecule has 0 amide bonds. The number of hydrogen-bond acceptors (Lipinski definition) is 3. The maximum absolute atomic E-state index is 6.80. The normalized spacial score (nSPS) is 11.7. The maximum Gasteiger partial charge on any atom is 0.143 e. The van der Waals surface area contributed by atoms with Crippen LogP contribution >= 0.6 is 0 Å². The molecule has 59 heavy (non-hydrogen) atoms. The van der Waals surface area contributed by atoms with Gasteiger partial charge >= 0.3 is 0 Å². The molecule has 0 aliphatic heterocycles. The molecule has 0 atom stereocenters. The van der Waals surface area contributed by atoms with Gasteiger partial charge in [0.2, 0.25) is 0 Å². The molecule has 0 fully saturated rings. The number of benzene rings is 10. The lowest BCUT2D eigenvalue weighted by molar-refractivity contribution is 0.670. The Bertz CT molecular complexity index is 3570. The second-order valence-corrected chi connectivity index (χ2v) is 15.3. The third-order valence-electron chi connectivity index (χ3n) is 11.8. The van der Waals surface area contributed by atoms with E-state index in [9.17, 15) is 0 Å². The van der Waals surface area contributed by atoms with E-state index < -0.39 is 0 Å². The Kier molecular flexibility index (Phi) is 7.54. The summed E-state index contributed by atoms with van der Waals surface area (Å²) in [4.78, 5) is 2.38. The van der Waals surface area contributed by atoms with E-state index in [0.717, 1.165) is 88.8 Å². The van der Waals surface area contributed by atoms with Crippen molar-refractivity contribution in [3.05, 3.63) is 212 Å². The Morgan fingerprint density at radius 2 is 0.864 bits per heavy atom. The van der Waals surface area contributed by atoms with E-state index in [2.05, 4.69) is 205 Å². The number of hydrogen-bond donors (Lipinski definition) is 0. The number of para-hydroxylation sites is 4. The van der Waals surface area contributed by atoms with E-state index >= 15 is 0 Å². The molecule has 0 bridgehead atoms. The lowest BCUT2D eigenvalue weighted by atomic mass is 9.97. The second-order valence-electron chi connectivity index (χ2n) is 15.3. The zero-order chi connectivity index (χ0) is 38.9. The van der Waals surface area contributed by atoms with Gasteiger partial charge in [-0.15, -0.1) is 0 Å². The highest BCUT2D eigenvalue weighted by Crippen LogP contribution is 2.46. The summed E-state index contributed by atoms with van der Waals surface area (Å²) >= 11 is 0. The molecular weight excluding hydrogens is 719 g/mol. The summed E-state index contributed by atoms with van der Waals surface area (Å²) in [7, 11) is 0. The van der Waals surface area contributed by atoms with Gasteiger partial charge in [0.1, 0.15) is 22.3 Å². The molecule has 0 N–H and O–H groups in total. The highest BCUT2D eigenvalue weighted by atomic mass is 16.3. The minimum Gasteiger partial charge on any atom is -0.455 e. The van der Waals surface area contributed by atoms with Crippen LogP contribution < -0.4 is 4.90 Å². The van der Waals surface area contributed by atoms with Crippen molar-refractivity contribution < 1.29 is 8.83 Å². The van der Waals surface area contributed by atoms with Gasteiger partial charge in [0, 0.05) is 49.6 Å². The van der Waals surface area contributed by atoms with Gasteiger partial charge in [-0.05, 0) is 92.8 Å². The van der Waals surface area contributed by atoms with Crippen molar-refractivity contribution in [1.29, 1.82) is 0 Å². The Morgan fingerprint density at radius 3 is 1.71 bits per heavy atom. The van der Waals surface area contributed by atoms with Crippen LogP contribution in [0.1, 0.15) is 0 Å². The van der Waals surface area contributed by atoms with Crippen LogP contribution in [0.4, 0.5) is 17.1 Å². The highest BCUT2D eigenvalue weighted by Gasteiger charge is 2.22. The summed E-state index contributed by atoms with van der Waals surface area (Å²) in [5.41, 5.74) is 13.3. The summed E-state index contributed by atoms with van der Waals surface area (Å²) < 4.78 is 13.3. The Morgan fingerprint density at radius 1 is 0.288 bits per heavy atom. The first-order valence-corrected chi connectivity index (χ1v) is 20.1. The van der Waals surface area contributed by atoms with E-state index in [-0.39, 0.29) is 0 Å². The number of fused-ring (bicyclic) bond motifs is 8. The van der Waals surface area contributed by atoms with E-state index in [0.29, 0.717) is 0 Å². The topological polar surface area (TPSA) is 29.5 Å². The molecule has 0 aliphatic carbocycles. The van der Waals surface area contributed by atoms with Crippen LogP contribution in [-0.2, 0) is 0 Å². The van der Waals surface area contributed by atoms with Crippen LogP contribution in [0.2, 0.25) is 0 Å². The molecule has 3 nitrogen and oxygen atoms in total.